The van der Waals surface area contributed by atoms with Gasteiger partial charge in [-0.1, -0.05) is 21.1 Å². The van der Waals surface area contributed by atoms with Crippen LogP contribution >= 0.6 is 28.3 Å². The van der Waals surface area contributed by atoms with Gasteiger partial charge in [0.1, 0.15) is 5.82 Å². The molecule has 0 saturated heterocycles. The van der Waals surface area contributed by atoms with Gasteiger partial charge >= 0.3 is 0 Å². The second kappa shape index (κ2) is 7.68. The molecule has 1 aromatic carbocycles. The SMILES string of the molecule is CN(Cc1noc(CN)n1)Cc1cc(Br)ccc1F.Cl. The average Bonchev–Trinajstić information content (AvgIpc) is 2.81. The van der Waals surface area contributed by atoms with Crippen LogP contribution < -0.4 is 5.73 Å². The molecule has 0 spiro atoms. The van der Waals surface area contributed by atoms with E-state index in [1.807, 2.05) is 11.9 Å². The molecule has 1 heterocycles. The van der Waals surface area contributed by atoms with Gasteiger partial charge in [0.2, 0.25) is 5.89 Å². The number of halogens is 3. The van der Waals surface area contributed by atoms with Gasteiger partial charge in [-0.25, -0.2) is 4.39 Å². The van der Waals surface area contributed by atoms with Crippen LogP contribution in [-0.4, -0.2) is 22.1 Å². The van der Waals surface area contributed by atoms with Crippen LogP contribution in [0.15, 0.2) is 27.2 Å². The van der Waals surface area contributed by atoms with E-state index in [4.69, 9.17) is 10.3 Å². The largest absolute Gasteiger partial charge is 0.338 e. The van der Waals surface area contributed by atoms with Crippen molar-refractivity contribution in [2.45, 2.75) is 19.6 Å². The van der Waals surface area contributed by atoms with Crippen LogP contribution in [0.25, 0.3) is 0 Å². The monoisotopic (exact) mass is 364 g/mol. The number of rotatable bonds is 5. The van der Waals surface area contributed by atoms with E-state index in [9.17, 15) is 4.39 Å². The standard InChI is InChI=1S/C12H14BrFN4O.ClH/c1-18(7-11-16-12(5-15)19-17-11)6-8-4-9(13)2-3-10(8)14;/h2-4H,5-7,15H2,1H3;1H. The Bertz CT molecular complexity index is 566. The van der Waals surface area contributed by atoms with Crippen molar-refractivity contribution in [2.24, 2.45) is 5.73 Å². The molecule has 20 heavy (non-hydrogen) atoms. The van der Waals surface area contributed by atoms with Gasteiger partial charge in [0.05, 0.1) is 13.1 Å². The molecule has 0 amide bonds. The van der Waals surface area contributed by atoms with Gasteiger partial charge < -0.3 is 10.3 Å². The lowest BCUT2D eigenvalue weighted by Gasteiger charge is -2.15. The molecule has 5 nitrogen and oxygen atoms in total. The lowest BCUT2D eigenvalue weighted by atomic mass is 10.2. The minimum Gasteiger partial charge on any atom is -0.338 e. The summed E-state index contributed by atoms with van der Waals surface area (Å²) < 4.78 is 19.4. The van der Waals surface area contributed by atoms with Crippen LogP contribution in [0.5, 0.6) is 0 Å². The summed E-state index contributed by atoms with van der Waals surface area (Å²) in [7, 11) is 1.86. The molecule has 0 aliphatic rings. The van der Waals surface area contributed by atoms with E-state index in [2.05, 4.69) is 26.1 Å². The highest BCUT2D eigenvalue weighted by Crippen LogP contribution is 2.17. The van der Waals surface area contributed by atoms with Gasteiger partial charge in [-0.2, -0.15) is 4.98 Å². The predicted molar refractivity (Wildman–Crippen MR) is 78.7 cm³/mol. The maximum atomic E-state index is 13.6. The fourth-order valence-corrected chi connectivity index (χ4v) is 2.10. The molecule has 0 fully saturated rings. The molecule has 8 heteroatoms. The van der Waals surface area contributed by atoms with Crippen molar-refractivity contribution in [3.8, 4) is 0 Å². The fourth-order valence-electron chi connectivity index (χ4n) is 1.69. The second-order valence-corrected chi connectivity index (χ2v) is 5.13. The highest BCUT2D eigenvalue weighted by molar-refractivity contribution is 9.10. The first-order valence-corrected chi connectivity index (χ1v) is 6.52. The molecule has 0 aliphatic carbocycles. The Morgan fingerprint density at radius 1 is 1.40 bits per heavy atom. The Kier molecular flexibility index (Phi) is 6.54. The van der Waals surface area contributed by atoms with Crippen molar-refractivity contribution >= 4 is 28.3 Å². The third-order valence-corrected chi connectivity index (χ3v) is 3.04. The first kappa shape index (κ1) is 17.0. The second-order valence-electron chi connectivity index (χ2n) is 4.22. The Labute approximate surface area is 130 Å². The lowest BCUT2D eigenvalue weighted by molar-refractivity contribution is 0.295. The molecule has 110 valence electrons. The van der Waals surface area contributed by atoms with Gasteiger partial charge in [0.25, 0.3) is 0 Å². The van der Waals surface area contributed by atoms with Crippen LogP contribution in [0, 0.1) is 5.82 Å². The summed E-state index contributed by atoms with van der Waals surface area (Å²) in [4.78, 5) is 6.00. The van der Waals surface area contributed by atoms with Gasteiger partial charge in [0, 0.05) is 16.6 Å². The molecule has 0 aliphatic heterocycles. The Morgan fingerprint density at radius 3 is 2.80 bits per heavy atom. The average molecular weight is 366 g/mol. The van der Waals surface area contributed by atoms with E-state index in [-0.39, 0.29) is 24.8 Å². The van der Waals surface area contributed by atoms with Gasteiger partial charge in [-0.05, 0) is 25.2 Å². The number of nitrogens with zero attached hydrogens (tertiary/aromatic N) is 3. The maximum absolute atomic E-state index is 13.6. The summed E-state index contributed by atoms with van der Waals surface area (Å²) in [6, 6.07) is 4.87. The van der Waals surface area contributed by atoms with Crippen LogP contribution in [0.1, 0.15) is 17.3 Å². The maximum Gasteiger partial charge on any atom is 0.240 e. The zero-order valence-electron chi connectivity index (χ0n) is 10.8. The van der Waals surface area contributed by atoms with E-state index in [0.717, 1.165) is 4.47 Å². The summed E-state index contributed by atoms with van der Waals surface area (Å²) in [5, 5.41) is 3.80. The van der Waals surface area contributed by atoms with E-state index in [1.165, 1.54) is 6.07 Å². The molecule has 2 rings (SSSR count). The van der Waals surface area contributed by atoms with Crippen LogP contribution in [0.4, 0.5) is 4.39 Å². The molecule has 0 unspecified atom stereocenters. The number of aromatic nitrogens is 2. The zero-order chi connectivity index (χ0) is 13.8. The van der Waals surface area contributed by atoms with Crippen LogP contribution in [0.2, 0.25) is 0 Å². The Morgan fingerprint density at radius 2 is 2.15 bits per heavy atom. The minimum absolute atomic E-state index is 0. The molecule has 0 atom stereocenters. The first-order valence-electron chi connectivity index (χ1n) is 5.72. The van der Waals surface area contributed by atoms with Gasteiger partial charge in [-0.3, -0.25) is 4.90 Å². The number of hydrogen-bond donors (Lipinski definition) is 1. The normalized spacial score (nSPS) is 10.7. The molecule has 1 aromatic heterocycles. The molecule has 0 bridgehead atoms. The van der Waals surface area contributed by atoms with Crippen molar-refractivity contribution in [3.05, 3.63) is 45.8 Å². The van der Waals surface area contributed by atoms with Crippen molar-refractivity contribution in [1.29, 1.82) is 0 Å². The number of hydrogen-bond acceptors (Lipinski definition) is 5. The summed E-state index contributed by atoms with van der Waals surface area (Å²) in [5.41, 5.74) is 6.00. The van der Waals surface area contributed by atoms with E-state index >= 15 is 0 Å². The summed E-state index contributed by atoms with van der Waals surface area (Å²) >= 11 is 3.33. The molecular formula is C12H15BrClFN4O. The molecule has 0 saturated carbocycles. The molecule has 0 radical (unpaired) electrons. The van der Waals surface area contributed by atoms with Crippen molar-refractivity contribution < 1.29 is 8.91 Å². The Balaban J connectivity index is 0.00000200. The molecule has 2 aromatic rings. The number of nitrogens with two attached hydrogens (primary N) is 1. The third-order valence-electron chi connectivity index (χ3n) is 2.54. The predicted octanol–water partition coefficient (Wildman–Crippen LogP) is 2.48. The topological polar surface area (TPSA) is 68.2 Å². The van der Waals surface area contributed by atoms with Crippen LogP contribution in [-0.2, 0) is 19.6 Å². The minimum atomic E-state index is -0.231. The summed E-state index contributed by atoms with van der Waals surface area (Å²) in [5.74, 6) is 0.709. The van der Waals surface area contributed by atoms with E-state index in [0.29, 0.717) is 30.4 Å². The van der Waals surface area contributed by atoms with Crippen LogP contribution in [0.3, 0.4) is 0 Å². The highest BCUT2D eigenvalue weighted by Gasteiger charge is 2.10. The van der Waals surface area contributed by atoms with E-state index < -0.39 is 0 Å². The first-order chi connectivity index (χ1) is 9.08. The smallest absolute Gasteiger partial charge is 0.240 e. The van der Waals surface area contributed by atoms with Gasteiger partial charge in [0.15, 0.2) is 5.82 Å². The van der Waals surface area contributed by atoms with Crippen molar-refractivity contribution in [2.75, 3.05) is 7.05 Å². The third kappa shape index (κ3) is 4.52. The zero-order valence-corrected chi connectivity index (χ0v) is 13.2. The number of benzene rings is 1. The fraction of sp³-hybridized carbons (Fsp3) is 0.333. The summed E-state index contributed by atoms with van der Waals surface area (Å²) in [6.45, 7) is 1.14. The molecule has 2 N–H and O–H groups in total. The molecular weight excluding hydrogens is 351 g/mol. The Hall–Kier alpha value is -1.02. The summed E-state index contributed by atoms with van der Waals surface area (Å²) in [6.07, 6.45) is 0. The van der Waals surface area contributed by atoms with Gasteiger partial charge in [-0.15, -0.1) is 12.4 Å². The lowest BCUT2D eigenvalue weighted by Crippen LogP contribution is -2.19. The van der Waals surface area contributed by atoms with E-state index in [1.54, 1.807) is 12.1 Å². The van der Waals surface area contributed by atoms with Crippen molar-refractivity contribution in [1.82, 2.24) is 15.0 Å². The quantitative estimate of drug-likeness (QED) is 0.881. The highest BCUT2D eigenvalue weighted by atomic mass is 79.9. The van der Waals surface area contributed by atoms with Crippen molar-refractivity contribution in [3.63, 3.8) is 0 Å².